The van der Waals surface area contributed by atoms with Gasteiger partial charge in [-0.15, -0.1) is 0 Å². The van der Waals surface area contributed by atoms with E-state index in [1.54, 1.807) is 45.0 Å². The number of ether oxygens (including phenoxy) is 2. The number of carboxylic acid groups (broad SMARTS) is 1. The van der Waals surface area contributed by atoms with Crippen LogP contribution in [-0.2, 0) is 22.3 Å². The number of fused-ring (bicyclic) bond motifs is 1. The van der Waals surface area contributed by atoms with Gasteiger partial charge in [0.2, 0.25) is 0 Å². The lowest BCUT2D eigenvalue weighted by molar-refractivity contribution is -0.138. The molecule has 250 valence electrons. The molecule has 0 bridgehead atoms. The maximum Gasteiger partial charge on any atom is 0.417 e. The molecule has 2 aromatic rings. The second-order valence-electron chi connectivity index (χ2n) is 12.2. The fourth-order valence-electron chi connectivity index (χ4n) is 5.83. The third kappa shape index (κ3) is 7.48. The molecular formula is C32H39F3N4O7. The molecule has 0 saturated carbocycles. The van der Waals surface area contributed by atoms with Crippen LogP contribution in [0.4, 0.5) is 28.4 Å². The molecule has 2 aliphatic rings. The van der Waals surface area contributed by atoms with Gasteiger partial charge in [0, 0.05) is 31.7 Å². The number of nitrogens with one attached hydrogen (secondary N) is 1. The first-order valence-electron chi connectivity index (χ1n) is 15.0. The summed E-state index contributed by atoms with van der Waals surface area (Å²) in [6, 6.07) is 9.14. The molecule has 2 atom stereocenters. The fourth-order valence-corrected chi connectivity index (χ4v) is 5.83. The Hall–Kier alpha value is -4.49. The van der Waals surface area contributed by atoms with Crippen molar-refractivity contribution < 1.29 is 46.9 Å². The highest BCUT2D eigenvalue weighted by Crippen LogP contribution is 2.44. The molecule has 0 aromatic heterocycles. The summed E-state index contributed by atoms with van der Waals surface area (Å²) >= 11 is 0. The lowest BCUT2D eigenvalue weighted by Crippen LogP contribution is -2.56. The van der Waals surface area contributed by atoms with E-state index in [9.17, 15) is 37.5 Å². The second kappa shape index (κ2) is 13.5. The number of benzene rings is 2. The van der Waals surface area contributed by atoms with Gasteiger partial charge in [-0.25, -0.2) is 9.59 Å². The zero-order valence-electron chi connectivity index (χ0n) is 26.4. The van der Waals surface area contributed by atoms with Crippen molar-refractivity contribution in [3.8, 4) is 5.75 Å². The van der Waals surface area contributed by atoms with Crippen molar-refractivity contribution in [2.45, 2.75) is 84.0 Å². The van der Waals surface area contributed by atoms with Gasteiger partial charge in [0.15, 0.2) is 5.60 Å². The maximum atomic E-state index is 14.5. The number of alkyl carbamates (subject to hydrolysis) is 1. The van der Waals surface area contributed by atoms with Crippen molar-refractivity contribution in [1.29, 1.82) is 0 Å². The minimum absolute atomic E-state index is 0.0151. The molecule has 0 spiro atoms. The number of amides is 4. The van der Waals surface area contributed by atoms with E-state index >= 15 is 0 Å². The topological polar surface area (TPSA) is 129 Å². The van der Waals surface area contributed by atoms with Crippen LogP contribution < -0.4 is 15.0 Å². The highest BCUT2D eigenvalue weighted by molar-refractivity contribution is 6.05. The van der Waals surface area contributed by atoms with E-state index in [0.29, 0.717) is 12.8 Å². The van der Waals surface area contributed by atoms with Crippen LogP contribution in [0.15, 0.2) is 42.5 Å². The molecule has 4 amide bonds. The summed E-state index contributed by atoms with van der Waals surface area (Å²) in [6.07, 6.45) is -6.06. The molecule has 14 heteroatoms. The molecule has 46 heavy (non-hydrogen) atoms. The number of carbonyl (C=O) groups excluding carboxylic acids is 3. The van der Waals surface area contributed by atoms with Crippen molar-refractivity contribution >= 4 is 29.7 Å². The van der Waals surface area contributed by atoms with Gasteiger partial charge in [-0.2, -0.15) is 13.2 Å². The summed E-state index contributed by atoms with van der Waals surface area (Å²) in [5, 5.41) is 12.2. The van der Waals surface area contributed by atoms with Gasteiger partial charge in [0.05, 0.1) is 22.9 Å². The van der Waals surface area contributed by atoms with Crippen molar-refractivity contribution in [2.24, 2.45) is 0 Å². The summed E-state index contributed by atoms with van der Waals surface area (Å²) in [7, 11) is 0. The van der Waals surface area contributed by atoms with E-state index in [-0.39, 0.29) is 43.7 Å². The predicted molar refractivity (Wildman–Crippen MR) is 162 cm³/mol. The molecular weight excluding hydrogens is 609 g/mol. The highest BCUT2D eigenvalue weighted by Gasteiger charge is 2.46. The number of rotatable bonds is 8. The Bertz CT molecular complexity index is 1470. The Morgan fingerprint density at radius 3 is 2.43 bits per heavy atom. The molecule has 2 N–H and O–H groups in total. The fraction of sp³-hybridized carbons (Fsp3) is 0.500. The largest absolute Gasteiger partial charge is 0.476 e. The standard InChI is InChI=1S/C32H39F3N4O7/c1-19(2)39(22-12-11-20(3)38(17-22)30(43)44)27(40)23-15-25-26(16-24(23)32(33,34)35)46-31(4,5)28(41)37(25)14-13-36-29(42)45-18-21-9-7-6-8-10-21/h6-10,15-16,19-20,22H,11-14,17-18H2,1-5H3,(H,36,42)(H,43,44)/t20-,22+/m0/s1. The van der Waals surface area contributed by atoms with E-state index in [0.717, 1.165) is 17.7 Å². The van der Waals surface area contributed by atoms with Crippen molar-refractivity contribution in [3.63, 3.8) is 0 Å². The second-order valence-corrected chi connectivity index (χ2v) is 12.2. The van der Waals surface area contributed by atoms with E-state index < -0.39 is 59.0 Å². The third-order valence-electron chi connectivity index (χ3n) is 8.16. The maximum absolute atomic E-state index is 14.5. The molecule has 0 radical (unpaired) electrons. The van der Waals surface area contributed by atoms with Crippen molar-refractivity contribution in [1.82, 2.24) is 15.1 Å². The first-order valence-corrected chi connectivity index (χ1v) is 15.0. The Kier molecular flexibility index (Phi) is 10.1. The zero-order valence-corrected chi connectivity index (χ0v) is 26.4. The van der Waals surface area contributed by atoms with Gasteiger partial charge in [0.1, 0.15) is 12.4 Å². The number of alkyl halides is 3. The first-order chi connectivity index (χ1) is 21.5. The smallest absolute Gasteiger partial charge is 0.417 e. The lowest BCUT2D eigenvalue weighted by Gasteiger charge is -2.43. The molecule has 1 saturated heterocycles. The number of carbonyl (C=O) groups is 4. The number of anilines is 1. The summed E-state index contributed by atoms with van der Waals surface area (Å²) in [5.41, 5.74) is -2.78. The Morgan fingerprint density at radius 1 is 1.15 bits per heavy atom. The van der Waals surface area contributed by atoms with E-state index in [2.05, 4.69) is 5.32 Å². The van der Waals surface area contributed by atoms with Crippen molar-refractivity contribution in [3.05, 3.63) is 59.2 Å². The zero-order chi connectivity index (χ0) is 34.0. The van der Waals surface area contributed by atoms with E-state index in [4.69, 9.17) is 9.47 Å². The number of piperidine rings is 1. The minimum atomic E-state index is -4.96. The SMILES string of the molecule is CC(C)N(C(=O)c1cc2c(cc1C(F)(F)F)OC(C)(C)C(=O)N2CCNC(=O)OCc1ccccc1)[C@@H]1CC[C@H](C)N(C(=O)O)C1. The van der Waals surface area contributed by atoms with Gasteiger partial charge in [0.25, 0.3) is 11.8 Å². The van der Waals surface area contributed by atoms with Crippen LogP contribution in [0.25, 0.3) is 0 Å². The highest BCUT2D eigenvalue weighted by atomic mass is 19.4. The minimum Gasteiger partial charge on any atom is -0.476 e. The molecule has 4 rings (SSSR count). The summed E-state index contributed by atoms with van der Waals surface area (Å²) in [4.78, 5) is 55.3. The number of likely N-dealkylation sites (tertiary alicyclic amines) is 1. The van der Waals surface area contributed by atoms with Crippen molar-refractivity contribution in [2.75, 3.05) is 24.5 Å². The molecule has 0 unspecified atom stereocenters. The molecule has 2 aliphatic heterocycles. The normalized spacial score (nSPS) is 19.3. The van der Waals surface area contributed by atoms with Gasteiger partial charge in [-0.1, -0.05) is 30.3 Å². The number of nitrogens with zero attached hydrogens (tertiary/aromatic N) is 3. The molecule has 1 fully saturated rings. The Labute approximate surface area is 265 Å². The van der Waals surface area contributed by atoms with Crippen LogP contribution >= 0.6 is 0 Å². The molecule has 11 nitrogen and oxygen atoms in total. The first kappa shape index (κ1) is 34.4. The van der Waals surface area contributed by atoms with Gasteiger partial charge < -0.3 is 34.6 Å². The predicted octanol–water partition coefficient (Wildman–Crippen LogP) is 5.52. The molecule has 2 aromatic carbocycles. The van der Waals surface area contributed by atoms with Crippen LogP contribution in [0.3, 0.4) is 0 Å². The summed E-state index contributed by atoms with van der Waals surface area (Å²) < 4.78 is 54.4. The van der Waals surface area contributed by atoms with E-state index in [1.165, 1.54) is 28.5 Å². The van der Waals surface area contributed by atoms with Crippen LogP contribution in [0, 0.1) is 0 Å². The van der Waals surface area contributed by atoms with Crippen LogP contribution in [0.1, 0.15) is 68.9 Å². The van der Waals surface area contributed by atoms with E-state index in [1.807, 2.05) is 6.07 Å². The van der Waals surface area contributed by atoms with Gasteiger partial charge in [-0.05, 0) is 65.2 Å². The lowest BCUT2D eigenvalue weighted by atomic mass is 9.95. The van der Waals surface area contributed by atoms with Crippen LogP contribution in [0.5, 0.6) is 5.75 Å². The number of halogens is 3. The monoisotopic (exact) mass is 648 g/mol. The van der Waals surface area contributed by atoms with Gasteiger partial charge >= 0.3 is 18.4 Å². The van der Waals surface area contributed by atoms with Crippen LogP contribution in [-0.4, -0.2) is 82.3 Å². The Morgan fingerprint density at radius 2 is 1.83 bits per heavy atom. The summed E-state index contributed by atoms with van der Waals surface area (Å²) in [5.74, 6) is -1.79. The Balaban J connectivity index is 1.64. The molecule has 0 aliphatic carbocycles. The average Bonchev–Trinajstić information content (AvgIpc) is 2.98. The van der Waals surface area contributed by atoms with Crippen LogP contribution in [0.2, 0.25) is 0 Å². The quantitative estimate of drug-likeness (QED) is 0.386. The average molecular weight is 649 g/mol. The number of hydrogen-bond acceptors (Lipinski definition) is 6. The third-order valence-corrected chi connectivity index (χ3v) is 8.16. The molecule has 2 heterocycles. The number of hydrogen-bond donors (Lipinski definition) is 2. The van der Waals surface area contributed by atoms with Gasteiger partial charge in [-0.3, -0.25) is 9.59 Å². The summed E-state index contributed by atoms with van der Waals surface area (Å²) in [6.45, 7) is 7.57.